The maximum Gasteiger partial charge on any atom is 0.280 e. The molecule has 0 saturated heterocycles. The quantitative estimate of drug-likeness (QED) is 0.327. The van der Waals surface area contributed by atoms with Gasteiger partial charge < -0.3 is 19.4 Å². The Morgan fingerprint density at radius 2 is 2.08 bits per heavy atom. The molecule has 37 heavy (non-hydrogen) atoms. The van der Waals surface area contributed by atoms with E-state index in [1.165, 1.54) is 24.7 Å². The van der Waals surface area contributed by atoms with E-state index in [0.29, 0.717) is 51.2 Å². The summed E-state index contributed by atoms with van der Waals surface area (Å²) in [4.78, 5) is 30.1. The molecule has 1 amide bonds. The Morgan fingerprint density at radius 1 is 1.22 bits per heavy atom. The lowest BCUT2D eigenvalue weighted by atomic mass is 9.87. The van der Waals surface area contributed by atoms with Crippen molar-refractivity contribution in [3.8, 4) is 23.0 Å². The lowest BCUT2D eigenvalue weighted by Gasteiger charge is -2.36. The molecule has 2 N–H and O–H groups in total. The van der Waals surface area contributed by atoms with Crippen molar-refractivity contribution in [2.24, 2.45) is 0 Å². The van der Waals surface area contributed by atoms with Gasteiger partial charge in [0.25, 0.3) is 5.91 Å². The first-order valence-electron chi connectivity index (χ1n) is 11.6. The zero-order valence-electron chi connectivity index (χ0n) is 19.2. The topological polar surface area (TPSA) is 119 Å². The predicted molar refractivity (Wildman–Crippen MR) is 136 cm³/mol. The lowest BCUT2D eigenvalue weighted by Crippen LogP contribution is -2.49. The number of thiazole rings is 1. The number of benzene rings is 1. The van der Waals surface area contributed by atoms with Gasteiger partial charge in [-0.3, -0.25) is 4.79 Å². The van der Waals surface area contributed by atoms with E-state index in [1.54, 1.807) is 30.5 Å². The van der Waals surface area contributed by atoms with E-state index in [1.807, 2.05) is 4.57 Å². The number of nitrogens with one attached hydrogen (secondary N) is 1. The van der Waals surface area contributed by atoms with Crippen molar-refractivity contribution >= 4 is 39.9 Å². The Balaban J connectivity index is 1.44. The van der Waals surface area contributed by atoms with Crippen LogP contribution in [0.5, 0.6) is 0 Å². The number of carbonyl (C=O) groups is 1. The number of carbonyl (C=O) groups excluding carboxylic acids is 1. The Labute approximate surface area is 219 Å². The normalized spacial score (nSPS) is 19.8. The number of hydrogen-bond donors (Lipinski definition) is 2. The van der Waals surface area contributed by atoms with Crippen LogP contribution in [0.1, 0.15) is 35.1 Å². The van der Waals surface area contributed by atoms with Crippen LogP contribution in [-0.4, -0.2) is 47.7 Å². The van der Waals surface area contributed by atoms with Crippen molar-refractivity contribution in [1.82, 2.24) is 29.8 Å². The number of halogens is 2. The second kappa shape index (κ2) is 9.66. The molecule has 1 fully saturated rings. The molecule has 6 rings (SSSR count). The van der Waals surface area contributed by atoms with Gasteiger partial charge in [0.05, 0.1) is 47.9 Å². The molecule has 1 saturated carbocycles. The number of amides is 1. The number of oxazole rings is 1. The third-order valence-electron chi connectivity index (χ3n) is 6.48. The highest BCUT2D eigenvalue weighted by Crippen LogP contribution is 2.38. The zero-order chi connectivity index (χ0) is 25.5. The van der Waals surface area contributed by atoms with E-state index < -0.39 is 29.9 Å². The molecule has 1 unspecified atom stereocenters. The van der Waals surface area contributed by atoms with Gasteiger partial charge in [0.15, 0.2) is 5.01 Å². The van der Waals surface area contributed by atoms with Gasteiger partial charge in [0.1, 0.15) is 33.5 Å². The standard InChI is InChI=1S/C25H20ClFN6O3S/c26-20-12-30-25(37-20)23(35)32-15-6-3-7-18(21(15)34)33-19-10-16(24-28-8-9-36-24)29-11-17(19)31-22(33)13-4-1-2-5-14(13)27/h1-2,4-5,8-12,15,18,21,34H,3,6-7H2,(H,32,35)/t15-,18?,21+/m1/s1. The highest BCUT2D eigenvalue weighted by atomic mass is 35.5. The van der Waals surface area contributed by atoms with Gasteiger partial charge in [-0.25, -0.2) is 24.3 Å². The molecule has 0 bridgehead atoms. The van der Waals surface area contributed by atoms with Crippen LogP contribution in [0, 0.1) is 5.82 Å². The van der Waals surface area contributed by atoms with Gasteiger partial charge in [-0.1, -0.05) is 35.1 Å². The van der Waals surface area contributed by atoms with Crippen molar-refractivity contribution < 1.29 is 18.7 Å². The highest BCUT2D eigenvalue weighted by molar-refractivity contribution is 7.17. The molecule has 0 spiro atoms. The van der Waals surface area contributed by atoms with Crippen LogP contribution in [0.3, 0.4) is 0 Å². The summed E-state index contributed by atoms with van der Waals surface area (Å²) >= 11 is 7.00. The molecule has 4 heterocycles. The number of imidazole rings is 1. The number of nitrogens with zero attached hydrogens (tertiary/aromatic N) is 5. The molecule has 1 aliphatic rings. The first kappa shape index (κ1) is 23.7. The van der Waals surface area contributed by atoms with E-state index in [9.17, 15) is 14.3 Å². The molecule has 9 nitrogen and oxygen atoms in total. The third-order valence-corrected chi connectivity index (χ3v) is 7.60. The zero-order valence-corrected chi connectivity index (χ0v) is 20.8. The van der Waals surface area contributed by atoms with Gasteiger partial charge in [-0.2, -0.15) is 0 Å². The minimum Gasteiger partial charge on any atom is -0.443 e. The number of aliphatic hydroxyl groups excluding tert-OH is 1. The smallest absolute Gasteiger partial charge is 0.280 e. The van der Waals surface area contributed by atoms with Crippen molar-refractivity contribution in [2.45, 2.75) is 37.5 Å². The summed E-state index contributed by atoms with van der Waals surface area (Å²) in [5.41, 5.74) is 1.95. The molecule has 3 atom stereocenters. The van der Waals surface area contributed by atoms with Crippen LogP contribution in [0.25, 0.3) is 34.0 Å². The predicted octanol–water partition coefficient (Wildman–Crippen LogP) is 4.89. The SMILES string of the molecule is O=C(N[C@@H]1CCCC(n2c(-c3ccccc3F)nc3cnc(-c4ncco4)cc32)[C@H]1O)c1ncc(Cl)s1. The minimum atomic E-state index is -0.977. The fraction of sp³-hybridized carbons (Fsp3) is 0.240. The molecule has 4 aromatic heterocycles. The van der Waals surface area contributed by atoms with Gasteiger partial charge in [-0.05, 0) is 37.5 Å². The maximum atomic E-state index is 15.0. The number of fused-ring (bicyclic) bond motifs is 1. The largest absolute Gasteiger partial charge is 0.443 e. The molecule has 188 valence electrons. The Kier molecular flexibility index (Phi) is 6.19. The summed E-state index contributed by atoms with van der Waals surface area (Å²) in [5, 5.41) is 14.6. The van der Waals surface area contributed by atoms with Crippen molar-refractivity contribution in [2.75, 3.05) is 0 Å². The Bertz CT molecular complexity index is 1590. The average Bonchev–Trinajstić information content (AvgIpc) is 3.65. The van der Waals surface area contributed by atoms with Crippen molar-refractivity contribution in [1.29, 1.82) is 0 Å². The fourth-order valence-corrected chi connectivity index (χ4v) is 5.63. The second-order valence-electron chi connectivity index (χ2n) is 8.72. The van der Waals surface area contributed by atoms with E-state index >= 15 is 0 Å². The van der Waals surface area contributed by atoms with Crippen LogP contribution in [-0.2, 0) is 0 Å². The molecule has 1 aliphatic carbocycles. The summed E-state index contributed by atoms with van der Waals surface area (Å²) in [5.74, 6) is -0.141. The first-order valence-corrected chi connectivity index (χ1v) is 12.8. The van der Waals surface area contributed by atoms with Gasteiger partial charge >= 0.3 is 0 Å². The maximum absolute atomic E-state index is 15.0. The summed E-state index contributed by atoms with van der Waals surface area (Å²) in [6.07, 6.45) is 6.89. The Hall–Kier alpha value is -3.67. The fourth-order valence-electron chi connectivity index (χ4n) is 4.82. The summed E-state index contributed by atoms with van der Waals surface area (Å²) < 4.78 is 22.6. The van der Waals surface area contributed by atoms with Crippen LogP contribution in [0.15, 0.2) is 59.6 Å². The van der Waals surface area contributed by atoms with Crippen LogP contribution >= 0.6 is 22.9 Å². The Morgan fingerprint density at radius 3 is 2.84 bits per heavy atom. The van der Waals surface area contributed by atoms with E-state index in [2.05, 4.69) is 20.3 Å². The molecule has 0 aliphatic heterocycles. The second-order valence-corrected chi connectivity index (χ2v) is 10.4. The lowest BCUT2D eigenvalue weighted by molar-refractivity contribution is 0.0417. The summed E-state index contributed by atoms with van der Waals surface area (Å²) in [7, 11) is 0. The average molecular weight is 539 g/mol. The number of hydrogen-bond acceptors (Lipinski definition) is 8. The van der Waals surface area contributed by atoms with Crippen LogP contribution < -0.4 is 5.32 Å². The third kappa shape index (κ3) is 4.39. The minimum absolute atomic E-state index is 0.223. The molecule has 12 heteroatoms. The van der Waals surface area contributed by atoms with Crippen LogP contribution in [0.2, 0.25) is 4.34 Å². The number of pyridine rings is 1. The number of aliphatic hydroxyl groups is 1. The molecule has 1 aromatic carbocycles. The van der Waals surface area contributed by atoms with E-state index in [4.69, 9.17) is 21.0 Å². The molecule has 5 aromatic rings. The van der Waals surface area contributed by atoms with E-state index in [-0.39, 0.29) is 5.01 Å². The van der Waals surface area contributed by atoms with Crippen molar-refractivity contribution in [3.63, 3.8) is 0 Å². The van der Waals surface area contributed by atoms with Gasteiger partial charge in [0.2, 0.25) is 5.89 Å². The van der Waals surface area contributed by atoms with Crippen LogP contribution in [0.4, 0.5) is 4.39 Å². The molecular formula is C25H20ClFN6O3S. The van der Waals surface area contributed by atoms with Gasteiger partial charge in [0, 0.05) is 0 Å². The molecular weight excluding hydrogens is 519 g/mol. The van der Waals surface area contributed by atoms with Gasteiger partial charge in [-0.15, -0.1) is 0 Å². The summed E-state index contributed by atoms with van der Waals surface area (Å²) in [6, 6.07) is 7.08. The molecule has 0 radical (unpaired) electrons. The highest BCUT2D eigenvalue weighted by Gasteiger charge is 2.37. The number of rotatable bonds is 5. The van der Waals surface area contributed by atoms with E-state index in [0.717, 1.165) is 17.8 Å². The number of aromatic nitrogens is 5. The van der Waals surface area contributed by atoms with Crippen molar-refractivity contribution in [3.05, 3.63) is 70.3 Å². The summed E-state index contributed by atoms with van der Waals surface area (Å²) in [6.45, 7) is 0. The first-order chi connectivity index (χ1) is 18.0. The monoisotopic (exact) mass is 538 g/mol.